The molecule has 0 aliphatic carbocycles. The number of imide groups is 1. The lowest BCUT2D eigenvalue weighted by molar-refractivity contribution is 0.0646. The Hall–Kier alpha value is -2.99. The SMILES string of the molecule is CC(=O)c1ccc(N2CCN(CCCN3C(=O)c4ccccc4C3=O)CC2)cc1. The number of Topliss-reactive ketones (excluding diaryl/α,β-unsaturated/α-hetero) is 1. The summed E-state index contributed by atoms with van der Waals surface area (Å²) in [4.78, 5) is 42.3. The van der Waals surface area contributed by atoms with E-state index in [9.17, 15) is 14.4 Å². The predicted molar refractivity (Wildman–Crippen MR) is 112 cm³/mol. The highest BCUT2D eigenvalue weighted by Crippen LogP contribution is 2.23. The Bertz CT molecular complexity index is 896. The highest BCUT2D eigenvalue weighted by Gasteiger charge is 2.34. The molecule has 0 aromatic heterocycles. The zero-order chi connectivity index (χ0) is 20.4. The normalized spacial score (nSPS) is 17.0. The average Bonchev–Trinajstić information content (AvgIpc) is 2.99. The van der Waals surface area contributed by atoms with Gasteiger partial charge in [-0.3, -0.25) is 24.2 Å². The molecule has 2 aliphatic heterocycles. The molecule has 2 amide bonds. The first-order valence-corrected chi connectivity index (χ1v) is 10.1. The van der Waals surface area contributed by atoms with Gasteiger partial charge in [-0.05, 0) is 56.3 Å². The number of benzene rings is 2. The van der Waals surface area contributed by atoms with Crippen LogP contribution in [0.15, 0.2) is 48.5 Å². The van der Waals surface area contributed by atoms with Gasteiger partial charge >= 0.3 is 0 Å². The first-order chi connectivity index (χ1) is 14.0. The van der Waals surface area contributed by atoms with Crippen molar-refractivity contribution < 1.29 is 14.4 Å². The van der Waals surface area contributed by atoms with Crippen molar-refractivity contribution >= 4 is 23.3 Å². The number of ketones is 1. The van der Waals surface area contributed by atoms with Crippen LogP contribution in [-0.2, 0) is 0 Å². The number of piperazine rings is 1. The summed E-state index contributed by atoms with van der Waals surface area (Å²) in [5.41, 5.74) is 2.91. The van der Waals surface area contributed by atoms with Gasteiger partial charge in [0.15, 0.2) is 5.78 Å². The zero-order valence-electron chi connectivity index (χ0n) is 16.6. The van der Waals surface area contributed by atoms with Crippen molar-refractivity contribution in [1.82, 2.24) is 9.80 Å². The molecule has 1 saturated heterocycles. The molecule has 150 valence electrons. The molecule has 0 atom stereocenters. The molecule has 1 fully saturated rings. The molecule has 2 aliphatic rings. The van der Waals surface area contributed by atoms with E-state index in [1.807, 2.05) is 24.3 Å². The van der Waals surface area contributed by atoms with Crippen LogP contribution >= 0.6 is 0 Å². The maximum Gasteiger partial charge on any atom is 0.261 e. The molecule has 2 aromatic carbocycles. The molecule has 0 radical (unpaired) electrons. The fourth-order valence-electron chi connectivity index (χ4n) is 4.03. The summed E-state index contributed by atoms with van der Waals surface area (Å²) in [7, 11) is 0. The maximum absolute atomic E-state index is 12.4. The summed E-state index contributed by atoms with van der Waals surface area (Å²) >= 11 is 0. The molecule has 0 bridgehead atoms. The van der Waals surface area contributed by atoms with Gasteiger partial charge in [0.05, 0.1) is 11.1 Å². The monoisotopic (exact) mass is 391 g/mol. The second-order valence-electron chi connectivity index (χ2n) is 7.59. The Morgan fingerprint density at radius 2 is 1.41 bits per heavy atom. The van der Waals surface area contributed by atoms with Crippen LogP contribution in [0.25, 0.3) is 0 Å². The lowest BCUT2D eigenvalue weighted by Crippen LogP contribution is -2.47. The van der Waals surface area contributed by atoms with E-state index in [0.717, 1.165) is 50.4 Å². The maximum atomic E-state index is 12.4. The molecule has 0 saturated carbocycles. The molecule has 4 rings (SSSR count). The third-order valence-corrected chi connectivity index (χ3v) is 5.75. The number of carbonyl (C=O) groups is 3. The lowest BCUT2D eigenvalue weighted by Gasteiger charge is -2.36. The quantitative estimate of drug-likeness (QED) is 0.560. The second-order valence-corrected chi connectivity index (χ2v) is 7.59. The van der Waals surface area contributed by atoms with Crippen LogP contribution in [0.3, 0.4) is 0 Å². The van der Waals surface area contributed by atoms with E-state index in [0.29, 0.717) is 17.7 Å². The molecule has 0 unspecified atom stereocenters. The Labute approximate surface area is 170 Å². The Morgan fingerprint density at radius 1 is 0.828 bits per heavy atom. The Kier molecular flexibility index (Phi) is 5.45. The molecule has 0 spiro atoms. The van der Waals surface area contributed by atoms with Crippen molar-refractivity contribution in [2.45, 2.75) is 13.3 Å². The molecular weight excluding hydrogens is 366 g/mol. The first kappa shape index (κ1) is 19.3. The van der Waals surface area contributed by atoms with Crippen LogP contribution in [-0.4, -0.2) is 66.7 Å². The Balaban J connectivity index is 1.24. The van der Waals surface area contributed by atoms with Gasteiger partial charge in [0, 0.05) is 44.0 Å². The number of rotatable bonds is 6. The number of nitrogens with zero attached hydrogens (tertiary/aromatic N) is 3. The van der Waals surface area contributed by atoms with Crippen molar-refractivity contribution in [1.29, 1.82) is 0 Å². The number of anilines is 1. The molecule has 29 heavy (non-hydrogen) atoms. The van der Waals surface area contributed by atoms with Crippen LogP contribution in [0, 0.1) is 0 Å². The fourth-order valence-corrected chi connectivity index (χ4v) is 4.03. The summed E-state index contributed by atoms with van der Waals surface area (Å²) in [5, 5.41) is 0. The van der Waals surface area contributed by atoms with Crippen LogP contribution in [0.5, 0.6) is 0 Å². The number of hydrogen-bond donors (Lipinski definition) is 0. The number of amides is 2. The minimum absolute atomic E-state index is 0.0828. The smallest absolute Gasteiger partial charge is 0.261 e. The summed E-state index contributed by atoms with van der Waals surface area (Å²) in [6.07, 6.45) is 0.777. The van der Waals surface area contributed by atoms with Crippen LogP contribution in [0.2, 0.25) is 0 Å². The van der Waals surface area contributed by atoms with E-state index >= 15 is 0 Å². The van der Waals surface area contributed by atoms with E-state index in [1.54, 1.807) is 31.2 Å². The predicted octanol–water partition coefficient (Wildman–Crippen LogP) is 2.70. The number of fused-ring (bicyclic) bond motifs is 1. The van der Waals surface area contributed by atoms with Crippen molar-refractivity contribution in [3.8, 4) is 0 Å². The van der Waals surface area contributed by atoms with E-state index in [2.05, 4.69) is 9.80 Å². The van der Waals surface area contributed by atoms with E-state index in [-0.39, 0.29) is 17.6 Å². The van der Waals surface area contributed by atoms with Crippen molar-refractivity contribution in [2.75, 3.05) is 44.2 Å². The second kappa shape index (κ2) is 8.17. The van der Waals surface area contributed by atoms with Crippen molar-refractivity contribution in [2.24, 2.45) is 0 Å². The van der Waals surface area contributed by atoms with Gasteiger partial charge < -0.3 is 4.90 Å². The van der Waals surface area contributed by atoms with Gasteiger partial charge in [0.1, 0.15) is 0 Å². The molecule has 0 N–H and O–H groups in total. The minimum atomic E-state index is -0.176. The third-order valence-electron chi connectivity index (χ3n) is 5.75. The topological polar surface area (TPSA) is 60.9 Å². The van der Waals surface area contributed by atoms with E-state index < -0.39 is 0 Å². The largest absolute Gasteiger partial charge is 0.369 e. The molecule has 6 heteroatoms. The van der Waals surface area contributed by atoms with Gasteiger partial charge in [-0.2, -0.15) is 0 Å². The highest BCUT2D eigenvalue weighted by atomic mass is 16.2. The standard InChI is InChI=1S/C23H25N3O3/c1-17(27)18-7-9-19(10-8-18)25-15-13-24(14-16-25)11-4-12-26-22(28)20-5-2-3-6-21(20)23(26)29/h2-3,5-10H,4,11-16H2,1H3. The van der Waals surface area contributed by atoms with Gasteiger partial charge in [-0.15, -0.1) is 0 Å². The average molecular weight is 391 g/mol. The highest BCUT2D eigenvalue weighted by molar-refractivity contribution is 6.21. The minimum Gasteiger partial charge on any atom is -0.369 e. The Morgan fingerprint density at radius 3 is 1.97 bits per heavy atom. The number of hydrogen-bond acceptors (Lipinski definition) is 5. The van der Waals surface area contributed by atoms with Gasteiger partial charge in [-0.1, -0.05) is 12.1 Å². The molecule has 2 aromatic rings. The van der Waals surface area contributed by atoms with E-state index in [1.165, 1.54) is 4.90 Å². The van der Waals surface area contributed by atoms with Crippen LogP contribution < -0.4 is 4.90 Å². The lowest BCUT2D eigenvalue weighted by atomic mass is 10.1. The first-order valence-electron chi connectivity index (χ1n) is 10.1. The van der Waals surface area contributed by atoms with Crippen LogP contribution in [0.1, 0.15) is 44.4 Å². The summed E-state index contributed by atoms with van der Waals surface area (Å²) in [6.45, 7) is 6.63. The fraction of sp³-hybridized carbons (Fsp3) is 0.348. The molecular formula is C23H25N3O3. The third kappa shape index (κ3) is 3.93. The summed E-state index contributed by atoms with van der Waals surface area (Å²) in [5.74, 6) is -0.270. The summed E-state index contributed by atoms with van der Waals surface area (Å²) in [6, 6.07) is 14.8. The van der Waals surface area contributed by atoms with Gasteiger partial charge in [-0.25, -0.2) is 0 Å². The van der Waals surface area contributed by atoms with Gasteiger partial charge in [0.2, 0.25) is 0 Å². The van der Waals surface area contributed by atoms with Crippen molar-refractivity contribution in [3.63, 3.8) is 0 Å². The number of carbonyl (C=O) groups excluding carboxylic acids is 3. The molecule has 2 heterocycles. The zero-order valence-corrected chi connectivity index (χ0v) is 16.6. The van der Waals surface area contributed by atoms with E-state index in [4.69, 9.17) is 0 Å². The van der Waals surface area contributed by atoms with Crippen LogP contribution in [0.4, 0.5) is 5.69 Å². The van der Waals surface area contributed by atoms with Gasteiger partial charge in [0.25, 0.3) is 11.8 Å². The van der Waals surface area contributed by atoms with Crippen molar-refractivity contribution in [3.05, 3.63) is 65.2 Å². The summed E-state index contributed by atoms with van der Waals surface area (Å²) < 4.78 is 0. The molecule has 6 nitrogen and oxygen atoms in total.